The van der Waals surface area contributed by atoms with Crippen LogP contribution in [0.3, 0.4) is 0 Å². The Hall–Kier alpha value is -0.130. The molecular formula is C9H16Cl6N4O5. The van der Waals surface area contributed by atoms with Crippen LogP contribution in [-0.2, 0) is 14.3 Å². The summed E-state index contributed by atoms with van der Waals surface area (Å²) >= 11 is 28.8. The van der Waals surface area contributed by atoms with E-state index in [9.17, 15) is 9.59 Å². The number of rotatable bonds is 0. The van der Waals surface area contributed by atoms with Crippen LogP contribution in [0.2, 0.25) is 0 Å². The lowest BCUT2D eigenvalue weighted by Crippen LogP contribution is -2.30. The predicted molar refractivity (Wildman–Crippen MR) is 95.6 cm³/mol. The number of hydrogen-bond donors (Lipinski definition) is 6. The molecule has 8 N–H and O–H groups in total. The molecule has 0 unspecified atom stereocenters. The molecule has 9 nitrogen and oxygen atoms in total. The Morgan fingerprint density at radius 2 is 1.12 bits per heavy atom. The Kier molecular flexibility index (Phi) is 18.1. The lowest BCUT2D eigenvalue weighted by molar-refractivity contribution is -0.136. The largest absolute Gasteiger partial charge is 0.478 e. The van der Waals surface area contributed by atoms with E-state index >= 15 is 0 Å². The maximum Gasteiger partial charge on any atom is 0.356 e. The van der Waals surface area contributed by atoms with Crippen molar-refractivity contribution in [3.63, 3.8) is 0 Å². The molecule has 0 amide bonds. The van der Waals surface area contributed by atoms with Crippen LogP contribution < -0.4 is 16.8 Å². The van der Waals surface area contributed by atoms with Gasteiger partial charge in [0.1, 0.15) is 0 Å². The third kappa shape index (κ3) is 29.8. The smallest absolute Gasteiger partial charge is 0.356 e. The highest BCUT2D eigenvalue weighted by Gasteiger charge is 2.30. The first-order valence-electron chi connectivity index (χ1n) is 5.60. The average molecular weight is 473 g/mol. The standard InChI is InChI=1S/C4H9NO.2C2HCl3O2.CH5N3/c1-3-6-4-2-5-1;2*3-2(4,5)1(6)7;2-1(3)4/h5H,1-4H2;2*(H,6,7);(H5,2,3,4). The van der Waals surface area contributed by atoms with Gasteiger partial charge in [0.25, 0.3) is 7.59 Å². The second-order valence-electron chi connectivity index (χ2n) is 3.42. The fourth-order valence-electron chi connectivity index (χ4n) is 0.516. The van der Waals surface area contributed by atoms with Crippen molar-refractivity contribution >= 4 is 87.5 Å². The SMILES string of the molecule is C1COCCN1.N=C(N)N.O=C(O)C(Cl)(Cl)Cl.O=C(O)C(Cl)(Cl)Cl. The van der Waals surface area contributed by atoms with E-state index in [-0.39, 0.29) is 5.96 Å². The number of nitrogens with two attached hydrogens (primary N) is 2. The summed E-state index contributed by atoms with van der Waals surface area (Å²) in [5.74, 6) is -3.25. The number of carboxylic acid groups (broad SMARTS) is 2. The highest BCUT2D eigenvalue weighted by Crippen LogP contribution is 2.25. The minimum atomic E-state index is -2.17. The number of alkyl halides is 6. The van der Waals surface area contributed by atoms with Gasteiger partial charge in [-0.05, 0) is 0 Å². The Bertz CT molecular complexity index is 344. The average Bonchev–Trinajstić information content (AvgIpc) is 2.39. The molecule has 0 aromatic rings. The number of hydrogen-bond acceptors (Lipinski definition) is 5. The summed E-state index contributed by atoms with van der Waals surface area (Å²) in [5, 5.41) is 24.9. The molecule has 1 rings (SSSR count). The van der Waals surface area contributed by atoms with E-state index in [1.165, 1.54) is 0 Å². The van der Waals surface area contributed by atoms with Crippen molar-refractivity contribution in [1.29, 1.82) is 5.41 Å². The normalized spacial score (nSPS) is 13.6. The molecule has 0 aromatic carbocycles. The molecule has 0 radical (unpaired) electrons. The number of ether oxygens (including phenoxy) is 1. The molecule has 1 aliphatic rings. The van der Waals surface area contributed by atoms with E-state index in [0.29, 0.717) is 0 Å². The first-order chi connectivity index (χ1) is 10.6. The molecule has 0 bridgehead atoms. The van der Waals surface area contributed by atoms with E-state index < -0.39 is 19.5 Å². The predicted octanol–water partition coefficient (Wildman–Crippen LogP) is 1.33. The van der Waals surface area contributed by atoms with Crippen LogP contribution >= 0.6 is 69.6 Å². The van der Waals surface area contributed by atoms with Gasteiger partial charge >= 0.3 is 11.9 Å². The maximum atomic E-state index is 9.62. The minimum absolute atomic E-state index is 0.333. The molecule has 1 fully saturated rings. The second kappa shape index (κ2) is 15.2. The summed E-state index contributed by atoms with van der Waals surface area (Å²) in [7, 11) is 0. The number of carbonyl (C=O) groups is 2. The third-order valence-electron chi connectivity index (χ3n) is 1.33. The molecule has 0 atom stereocenters. The lowest BCUT2D eigenvalue weighted by Gasteiger charge is -2.10. The number of halogens is 6. The van der Waals surface area contributed by atoms with E-state index in [4.69, 9.17) is 90.0 Å². The summed E-state index contributed by atoms with van der Waals surface area (Å²) < 4.78 is 0.674. The summed E-state index contributed by atoms with van der Waals surface area (Å²) in [6.07, 6.45) is 0. The van der Waals surface area contributed by atoms with Gasteiger partial charge in [-0.15, -0.1) is 0 Å². The maximum absolute atomic E-state index is 9.62. The molecule has 0 aliphatic carbocycles. The first kappa shape index (κ1) is 28.7. The topological polar surface area (TPSA) is 172 Å². The Morgan fingerprint density at radius 3 is 1.17 bits per heavy atom. The zero-order valence-electron chi connectivity index (χ0n) is 11.9. The first-order valence-corrected chi connectivity index (χ1v) is 7.87. The highest BCUT2D eigenvalue weighted by atomic mass is 35.6. The van der Waals surface area contributed by atoms with Crippen LogP contribution in [0.5, 0.6) is 0 Å². The van der Waals surface area contributed by atoms with Crippen LogP contribution in [-0.4, -0.2) is 62.0 Å². The number of nitrogens with one attached hydrogen (secondary N) is 2. The summed E-state index contributed by atoms with van der Waals surface area (Å²) in [6.45, 7) is 3.83. The molecule has 24 heavy (non-hydrogen) atoms. The Labute approximate surface area is 167 Å². The second-order valence-corrected chi connectivity index (χ2v) is 7.99. The van der Waals surface area contributed by atoms with Crippen LogP contribution in [0.1, 0.15) is 0 Å². The van der Waals surface area contributed by atoms with Gasteiger partial charge in [0.2, 0.25) is 0 Å². The van der Waals surface area contributed by atoms with Crippen molar-refractivity contribution in [3.8, 4) is 0 Å². The fraction of sp³-hybridized carbons (Fsp3) is 0.667. The van der Waals surface area contributed by atoms with Crippen molar-refractivity contribution in [2.24, 2.45) is 11.5 Å². The van der Waals surface area contributed by atoms with Gasteiger partial charge in [-0.3, -0.25) is 5.41 Å². The zero-order chi connectivity index (χ0) is 20.0. The molecule has 0 aromatic heterocycles. The third-order valence-corrected chi connectivity index (χ3v) is 2.30. The number of guanidine groups is 1. The summed E-state index contributed by atoms with van der Waals surface area (Å²) in [4.78, 5) is 19.2. The van der Waals surface area contributed by atoms with Crippen molar-refractivity contribution in [1.82, 2.24) is 5.32 Å². The van der Waals surface area contributed by atoms with Gasteiger partial charge in [-0.25, -0.2) is 9.59 Å². The molecule has 15 heteroatoms. The quantitative estimate of drug-likeness (QED) is 0.174. The molecule has 0 saturated carbocycles. The molecule has 0 spiro atoms. The van der Waals surface area contributed by atoms with Gasteiger partial charge in [0.15, 0.2) is 5.96 Å². The summed E-state index contributed by atoms with van der Waals surface area (Å²) in [6, 6.07) is 0. The monoisotopic (exact) mass is 470 g/mol. The molecule has 144 valence electrons. The Balaban J connectivity index is -0.000000250. The van der Waals surface area contributed by atoms with Crippen LogP contribution in [0, 0.1) is 5.41 Å². The summed E-state index contributed by atoms with van der Waals surface area (Å²) in [5.41, 5.74) is 8.94. The van der Waals surface area contributed by atoms with Crippen LogP contribution in [0.4, 0.5) is 0 Å². The molecule has 1 heterocycles. The van der Waals surface area contributed by atoms with Crippen LogP contribution in [0.15, 0.2) is 0 Å². The van der Waals surface area contributed by atoms with E-state index in [1.807, 2.05) is 0 Å². The number of morpholine rings is 1. The number of carboxylic acids is 2. The van der Waals surface area contributed by atoms with Gasteiger partial charge in [-0.1, -0.05) is 69.6 Å². The Morgan fingerprint density at radius 1 is 0.917 bits per heavy atom. The zero-order valence-corrected chi connectivity index (χ0v) is 16.4. The van der Waals surface area contributed by atoms with E-state index in [1.54, 1.807) is 0 Å². The van der Waals surface area contributed by atoms with Crippen LogP contribution in [0.25, 0.3) is 0 Å². The lowest BCUT2D eigenvalue weighted by atomic mass is 10.5. The van der Waals surface area contributed by atoms with Gasteiger partial charge < -0.3 is 31.7 Å². The minimum Gasteiger partial charge on any atom is -0.478 e. The van der Waals surface area contributed by atoms with Crippen molar-refractivity contribution in [2.75, 3.05) is 26.3 Å². The van der Waals surface area contributed by atoms with Crippen molar-refractivity contribution in [2.45, 2.75) is 7.59 Å². The van der Waals surface area contributed by atoms with E-state index in [2.05, 4.69) is 16.8 Å². The van der Waals surface area contributed by atoms with Gasteiger partial charge in [0, 0.05) is 13.1 Å². The molecule has 1 saturated heterocycles. The van der Waals surface area contributed by atoms with E-state index in [0.717, 1.165) is 26.3 Å². The highest BCUT2D eigenvalue weighted by molar-refractivity contribution is 6.76. The van der Waals surface area contributed by atoms with Crippen molar-refractivity contribution < 1.29 is 24.5 Å². The van der Waals surface area contributed by atoms with Crippen molar-refractivity contribution in [3.05, 3.63) is 0 Å². The van der Waals surface area contributed by atoms with Gasteiger partial charge in [0.05, 0.1) is 13.2 Å². The number of aliphatic carboxylic acids is 2. The molecule has 1 aliphatic heterocycles. The molecular weight excluding hydrogens is 457 g/mol. The fourth-order valence-corrected chi connectivity index (χ4v) is 0.516. The van der Waals surface area contributed by atoms with Gasteiger partial charge in [-0.2, -0.15) is 0 Å².